The zero-order valence-electron chi connectivity index (χ0n) is 17.5. The predicted octanol–water partition coefficient (Wildman–Crippen LogP) is 3.83. The van der Waals surface area contributed by atoms with Crippen LogP contribution in [0.1, 0.15) is 26.0 Å². The number of alkyl halides is 2. The van der Waals surface area contributed by atoms with Gasteiger partial charge < -0.3 is 9.64 Å². The summed E-state index contributed by atoms with van der Waals surface area (Å²) in [6, 6.07) is 6.60. The largest absolute Gasteiger partial charge is 0.372 e. The van der Waals surface area contributed by atoms with Gasteiger partial charge in [-0.05, 0) is 51.4 Å². The Balaban J connectivity index is 0.000000589. The van der Waals surface area contributed by atoms with E-state index in [1.165, 1.54) is 10.6 Å². The number of rotatable bonds is 4. The third-order valence-corrected chi connectivity index (χ3v) is 5.01. The first-order valence-electron chi connectivity index (χ1n) is 9.52. The highest BCUT2D eigenvalue weighted by atomic mass is 32.2. The van der Waals surface area contributed by atoms with E-state index in [9.17, 15) is 8.78 Å². The lowest BCUT2D eigenvalue weighted by atomic mass is 10.1. The minimum absolute atomic E-state index is 0.243. The fourth-order valence-electron chi connectivity index (χ4n) is 3.16. The van der Waals surface area contributed by atoms with Crippen LogP contribution in [-0.2, 0) is 4.74 Å². The van der Waals surface area contributed by atoms with Crippen LogP contribution in [0, 0.1) is 0 Å². The van der Waals surface area contributed by atoms with Gasteiger partial charge in [-0.25, -0.2) is 23.3 Å². The summed E-state index contributed by atoms with van der Waals surface area (Å²) in [6.45, 7) is 6.20. The zero-order valence-corrected chi connectivity index (χ0v) is 18.3. The van der Waals surface area contributed by atoms with Crippen molar-refractivity contribution in [3.05, 3.63) is 42.4 Å². The molecule has 0 aromatic carbocycles. The zero-order chi connectivity index (χ0) is 21.7. The van der Waals surface area contributed by atoms with Gasteiger partial charge in [-0.2, -0.15) is 5.10 Å². The fraction of sp³-hybridized carbons (Fsp3) is 0.450. The minimum Gasteiger partial charge on any atom is -0.372 e. The highest BCUT2D eigenvalue weighted by molar-refractivity contribution is 7.96. The SMILES string of the molecule is CC1(C)CN(c2cc(-c3cnc4ccc(C(F)F)nn34)ccn2)CCO1.CNSC. The molecule has 3 aromatic rings. The number of imidazole rings is 1. The molecule has 30 heavy (non-hydrogen) atoms. The van der Waals surface area contributed by atoms with Crippen molar-refractivity contribution in [1.29, 1.82) is 0 Å². The van der Waals surface area contributed by atoms with E-state index in [4.69, 9.17) is 4.74 Å². The summed E-state index contributed by atoms with van der Waals surface area (Å²) in [5, 5.41) is 4.03. The number of nitrogens with one attached hydrogen (secondary N) is 1. The average molecular weight is 437 g/mol. The number of anilines is 1. The van der Waals surface area contributed by atoms with Crippen molar-refractivity contribution in [2.75, 3.05) is 37.9 Å². The summed E-state index contributed by atoms with van der Waals surface area (Å²) in [6.07, 6.45) is 2.71. The maximum absolute atomic E-state index is 13.0. The molecule has 4 heterocycles. The van der Waals surface area contributed by atoms with Crippen molar-refractivity contribution in [3.63, 3.8) is 0 Å². The summed E-state index contributed by atoms with van der Waals surface area (Å²) >= 11 is 1.61. The van der Waals surface area contributed by atoms with Crippen LogP contribution >= 0.6 is 11.9 Å². The van der Waals surface area contributed by atoms with Crippen molar-refractivity contribution < 1.29 is 13.5 Å². The van der Waals surface area contributed by atoms with E-state index in [0.717, 1.165) is 24.5 Å². The molecule has 1 aliphatic heterocycles. The molecule has 0 bridgehead atoms. The Morgan fingerprint density at radius 2 is 2.00 bits per heavy atom. The summed E-state index contributed by atoms with van der Waals surface area (Å²) in [5.41, 5.74) is 1.48. The summed E-state index contributed by atoms with van der Waals surface area (Å²) < 4.78 is 36.0. The number of pyridine rings is 1. The van der Waals surface area contributed by atoms with E-state index in [2.05, 4.69) is 24.7 Å². The second kappa shape index (κ2) is 9.67. The maximum Gasteiger partial charge on any atom is 0.282 e. The van der Waals surface area contributed by atoms with E-state index < -0.39 is 6.43 Å². The Labute approximate surface area is 179 Å². The van der Waals surface area contributed by atoms with Crippen molar-refractivity contribution in [2.45, 2.75) is 25.9 Å². The van der Waals surface area contributed by atoms with Gasteiger partial charge >= 0.3 is 0 Å². The van der Waals surface area contributed by atoms with Gasteiger partial charge in [0, 0.05) is 24.8 Å². The molecule has 0 aliphatic carbocycles. The van der Waals surface area contributed by atoms with Gasteiger partial charge in [-0.1, -0.05) is 11.9 Å². The lowest BCUT2D eigenvalue weighted by Gasteiger charge is -2.38. The highest BCUT2D eigenvalue weighted by Gasteiger charge is 2.28. The normalized spacial score (nSPS) is 15.9. The average Bonchev–Trinajstić information content (AvgIpc) is 3.16. The van der Waals surface area contributed by atoms with Crippen LogP contribution in [-0.4, -0.2) is 58.2 Å². The van der Waals surface area contributed by atoms with Crippen LogP contribution in [0.3, 0.4) is 0 Å². The van der Waals surface area contributed by atoms with E-state index in [1.54, 1.807) is 30.4 Å². The molecule has 1 aliphatic rings. The molecule has 1 saturated heterocycles. The van der Waals surface area contributed by atoms with E-state index in [0.29, 0.717) is 17.9 Å². The van der Waals surface area contributed by atoms with Crippen LogP contribution in [0.15, 0.2) is 36.7 Å². The lowest BCUT2D eigenvalue weighted by Crippen LogP contribution is -2.48. The van der Waals surface area contributed by atoms with Crippen LogP contribution in [0.2, 0.25) is 0 Å². The van der Waals surface area contributed by atoms with Crippen LogP contribution < -0.4 is 9.62 Å². The molecule has 10 heteroatoms. The van der Waals surface area contributed by atoms with Crippen molar-refractivity contribution in [1.82, 2.24) is 24.3 Å². The van der Waals surface area contributed by atoms with Gasteiger partial charge in [0.1, 0.15) is 11.5 Å². The topological polar surface area (TPSA) is 67.6 Å². The highest BCUT2D eigenvalue weighted by Crippen LogP contribution is 2.27. The molecule has 0 spiro atoms. The standard InChI is InChI=1S/C18H19F2N5O.C2H7NS/c1-18(2)11-24(7-8-26-18)16-9-12(5-6-21-16)14-10-22-15-4-3-13(17(19)20)23-25(14)15;1-3-4-2/h3-6,9-10,17H,7-8,11H2,1-2H3;3H,1-2H3. The Morgan fingerprint density at radius 1 is 1.23 bits per heavy atom. The molecule has 0 unspecified atom stereocenters. The molecule has 4 rings (SSSR count). The molecule has 3 aromatic heterocycles. The molecule has 7 nitrogen and oxygen atoms in total. The Kier molecular flexibility index (Phi) is 7.22. The first kappa shape index (κ1) is 22.4. The van der Waals surface area contributed by atoms with Crippen LogP contribution in [0.25, 0.3) is 16.9 Å². The summed E-state index contributed by atoms with van der Waals surface area (Å²) in [4.78, 5) is 10.9. The first-order valence-corrected chi connectivity index (χ1v) is 10.7. The van der Waals surface area contributed by atoms with Crippen LogP contribution in [0.5, 0.6) is 0 Å². The molecular weight excluding hydrogens is 410 g/mol. The number of nitrogens with zero attached hydrogens (tertiary/aromatic N) is 5. The lowest BCUT2D eigenvalue weighted by molar-refractivity contribution is -0.0279. The maximum atomic E-state index is 13.0. The molecule has 0 atom stereocenters. The van der Waals surface area contributed by atoms with Gasteiger partial charge in [0.05, 0.1) is 24.1 Å². The second-order valence-electron chi connectivity index (χ2n) is 7.31. The Hall–Kier alpha value is -2.30. The number of ether oxygens (including phenoxy) is 1. The smallest absolute Gasteiger partial charge is 0.282 e. The minimum atomic E-state index is -2.63. The molecule has 0 radical (unpaired) electrons. The third kappa shape index (κ3) is 5.24. The monoisotopic (exact) mass is 436 g/mol. The van der Waals surface area contributed by atoms with Gasteiger partial charge in [0.25, 0.3) is 6.43 Å². The first-order chi connectivity index (χ1) is 14.3. The Bertz CT molecular complexity index is 979. The third-order valence-electron chi connectivity index (χ3n) is 4.60. The summed E-state index contributed by atoms with van der Waals surface area (Å²) in [7, 11) is 1.89. The predicted molar refractivity (Wildman–Crippen MR) is 116 cm³/mol. The van der Waals surface area contributed by atoms with Crippen molar-refractivity contribution in [3.8, 4) is 11.3 Å². The molecule has 162 valence electrons. The van der Waals surface area contributed by atoms with Gasteiger partial charge in [-0.15, -0.1) is 0 Å². The van der Waals surface area contributed by atoms with Crippen molar-refractivity contribution in [2.24, 2.45) is 0 Å². The quantitative estimate of drug-likeness (QED) is 0.624. The number of hydrogen-bond acceptors (Lipinski definition) is 7. The molecule has 1 fully saturated rings. The van der Waals surface area contributed by atoms with Crippen molar-refractivity contribution >= 4 is 23.4 Å². The van der Waals surface area contributed by atoms with Gasteiger partial charge in [-0.3, -0.25) is 4.72 Å². The Morgan fingerprint density at radius 3 is 2.67 bits per heavy atom. The molecule has 1 N–H and O–H groups in total. The number of morpholine rings is 1. The van der Waals surface area contributed by atoms with E-state index >= 15 is 0 Å². The fourth-order valence-corrected chi connectivity index (χ4v) is 3.16. The summed E-state index contributed by atoms with van der Waals surface area (Å²) in [5.74, 6) is 0.818. The molecule has 0 saturated carbocycles. The molecule has 0 amide bonds. The number of fused-ring (bicyclic) bond motifs is 1. The van der Waals surface area contributed by atoms with Gasteiger partial charge in [0.2, 0.25) is 0 Å². The van der Waals surface area contributed by atoms with Crippen LogP contribution in [0.4, 0.5) is 14.6 Å². The number of aromatic nitrogens is 4. The number of halogens is 2. The van der Waals surface area contributed by atoms with E-state index in [1.807, 2.05) is 39.3 Å². The number of hydrogen-bond donors (Lipinski definition) is 1. The van der Waals surface area contributed by atoms with Gasteiger partial charge in [0.15, 0.2) is 5.65 Å². The molecular formula is C20H26F2N6OS. The van der Waals surface area contributed by atoms with E-state index in [-0.39, 0.29) is 11.3 Å². The second-order valence-corrected chi connectivity index (χ2v) is 8.13.